The van der Waals surface area contributed by atoms with E-state index in [1.54, 1.807) is 4.90 Å². The normalized spacial score (nSPS) is 20.9. The molecule has 1 aromatic rings. The van der Waals surface area contributed by atoms with Crippen molar-refractivity contribution in [3.8, 4) is 0 Å². The fourth-order valence-electron chi connectivity index (χ4n) is 1.58. The summed E-state index contributed by atoms with van der Waals surface area (Å²) >= 11 is 0. The number of rotatable bonds is 2. The summed E-state index contributed by atoms with van der Waals surface area (Å²) in [7, 11) is 0. The molecule has 1 heterocycles. The summed E-state index contributed by atoms with van der Waals surface area (Å²) < 4.78 is 0. The van der Waals surface area contributed by atoms with Crippen LogP contribution in [0.2, 0.25) is 0 Å². The lowest BCUT2D eigenvalue weighted by molar-refractivity contribution is -0.143. The first-order valence-corrected chi connectivity index (χ1v) is 4.77. The van der Waals surface area contributed by atoms with Crippen LogP contribution in [0.5, 0.6) is 0 Å². The first kappa shape index (κ1) is 9.21. The molecule has 0 spiro atoms. The van der Waals surface area contributed by atoms with E-state index in [0.717, 1.165) is 5.56 Å². The number of nitrogens with two attached hydrogens (primary N) is 1. The molecule has 14 heavy (non-hydrogen) atoms. The Bertz CT molecular complexity index is 345. The highest BCUT2D eigenvalue weighted by Crippen LogP contribution is 2.13. The minimum Gasteiger partial charge on any atom is -0.335 e. The van der Waals surface area contributed by atoms with Gasteiger partial charge in [0, 0.05) is 13.1 Å². The standard InChI is InChI=1S/C11H14N2O/c1-8-2-4-9(5-3-8)6-13-7-10(12)11(13)14/h2-5,10H,6-7,12H2,1H3. The summed E-state index contributed by atoms with van der Waals surface area (Å²) in [4.78, 5) is 13.0. The van der Waals surface area contributed by atoms with E-state index in [1.165, 1.54) is 5.56 Å². The Morgan fingerprint density at radius 3 is 2.57 bits per heavy atom. The van der Waals surface area contributed by atoms with Gasteiger partial charge >= 0.3 is 0 Å². The molecular weight excluding hydrogens is 176 g/mol. The molecule has 1 atom stereocenters. The monoisotopic (exact) mass is 190 g/mol. The number of nitrogens with zero attached hydrogens (tertiary/aromatic N) is 1. The average molecular weight is 190 g/mol. The van der Waals surface area contributed by atoms with E-state index in [4.69, 9.17) is 5.73 Å². The van der Waals surface area contributed by atoms with Crippen LogP contribution in [-0.4, -0.2) is 23.4 Å². The third kappa shape index (κ3) is 1.63. The van der Waals surface area contributed by atoms with Crippen molar-refractivity contribution >= 4 is 5.91 Å². The summed E-state index contributed by atoms with van der Waals surface area (Å²) in [6.45, 7) is 3.42. The maximum atomic E-state index is 11.2. The lowest BCUT2D eigenvalue weighted by Crippen LogP contribution is -2.60. The number of benzene rings is 1. The molecule has 3 heteroatoms. The predicted octanol–water partition coefficient (Wildman–Crippen LogP) is 0.665. The zero-order valence-electron chi connectivity index (χ0n) is 8.23. The summed E-state index contributed by atoms with van der Waals surface area (Å²) in [6, 6.07) is 7.94. The summed E-state index contributed by atoms with van der Waals surface area (Å²) in [6.07, 6.45) is 0. The van der Waals surface area contributed by atoms with E-state index in [9.17, 15) is 4.79 Å². The number of hydrogen-bond acceptors (Lipinski definition) is 2. The second-order valence-electron chi connectivity index (χ2n) is 3.81. The highest BCUT2D eigenvalue weighted by atomic mass is 16.2. The molecule has 3 nitrogen and oxygen atoms in total. The molecule has 1 amide bonds. The van der Waals surface area contributed by atoms with Gasteiger partial charge in [-0.2, -0.15) is 0 Å². The maximum Gasteiger partial charge on any atom is 0.241 e. The van der Waals surface area contributed by atoms with Crippen LogP contribution < -0.4 is 5.73 Å². The van der Waals surface area contributed by atoms with Crippen molar-refractivity contribution in [3.05, 3.63) is 35.4 Å². The molecule has 1 aliphatic rings. The van der Waals surface area contributed by atoms with E-state index in [2.05, 4.69) is 19.1 Å². The van der Waals surface area contributed by atoms with E-state index in [-0.39, 0.29) is 11.9 Å². The van der Waals surface area contributed by atoms with Crippen molar-refractivity contribution in [2.24, 2.45) is 5.73 Å². The second kappa shape index (κ2) is 3.42. The lowest BCUT2D eigenvalue weighted by atomic mass is 10.1. The van der Waals surface area contributed by atoms with Crippen LogP contribution >= 0.6 is 0 Å². The molecule has 1 saturated heterocycles. The Morgan fingerprint density at radius 1 is 1.43 bits per heavy atom. The molecule has 1 aliphatic heterocycles. The first-order chi connectivity index (χ1) is 6.66. The number of aryl methyl sites for hydroxylation is 1. The van der Waals surface area contributed by atoms with Crippen LogP contribution in [-0.2, 0) is 11.3 Å². The fourth-order valence-corrected chi connectivity index (χ4v) is 1.58. The highest BCUT2D eigenvalue weighted by molar-refractivity contribution is 5.87. The number of carbonyl (C=O) groups is 1. The smallest absolute Gasteiger partial charge is 0.241 e. The molecule has 0 bridgehead atoms. The van der Waals surface area contributed by atoms with Crippen LogP contribution in [0.3, 0.4) is 0 Å². The minimum atomic E-state index is -0.263. The summed E-state index contributed by atoms with van der Waals surface area (Å²) in [5.41, 5.74) is 7.90. The molecule has 2 N–H and O–H groups in total. The summed E-state index contributed by atoms with van der Waals surface area (Å²) in [5, 5.41) is 0. The van der Waals surface area contributed by atoms with Gasteiger partial charge in [-0.3, -0.25) is 4.79 Å². The van der Waals surface area contributed by atoms with E-state index in [1.807, 2.05) is 12.1 Å². The Morgan fingerprint density at radius 2 is 2.07 bits per heavy atom. The minimum absolute atomic E-state index is 0.0607. The van der Waals surface area contributed by atoms with Crippen LogP contribution in [0.25, 0.3) is 0 Å². The number of likely N-dealkylation sites (tertiary alicyclic amines) is 1. The third-order valence-corrected chi connectivity index (χ3v) is 2.54. The molecule has 1 unspecified atom stereocenters. The number of β-lactam (4-membered cyclic amide) rings is 1. The molecule has 0 saturated carbocycles. The van der Waals surface area contributed by atoms with E-state index in [0.29, 0.717) is 13.1 Å². The molecule has 0 aliphatic carbocycles. The van der Waals surface area contributed by atoms with Crippen molar-refractivity contribution in [2.45, 2.75) is 19.5 Å². The van der Waals surface area contributed by atoms with Crippen molar-refractivity contribution in [3.63, 3.8) is 0 Å². The van der Waals surface area contributed by atoms with Crippen molar-refractivity contribution in [2.75, 3.05) is 6.54 Å². The van der Waals surface area contributed by atoms with E-state index < -0.39 is 0 Å². The SMILES string of the molecule is Cc1ccc(CN2CC(N)C2=O)cc1. The van der Waals surface area contributed by atoms with Gasteiger partial charge in [-0.1, -0.05) is 29.8 Å². The summed E-state index contributed by atoms with van der Waals surface area (Å²) in [5.74, 6) is 0.0607. The largest absolute Gasteiger partial charge is 0.335 e. The molecule has 2 rings (SSSR count). The quantitative estimate of drug-likeness (QED) is 0.696. The van der Waals surface area contributed by atoms with Gasteiger partial charge in [0.25, 0.3) is 0 Å². The zero-order valence-corrected chi connectivity index (χ0v) is 8.23. The highest BCUT2D eigenvalue weighted by Gasteiger charge is 2.32. The fraction of sp³-hybridized carbons (Fsp3) is 0.364. The Hall–Kier alpha value is -1.35. The molecule has 1 aromatic carbocycles. The van der Waals surface area contributed by atoms with Gasteiger partial charge in [-0.25, -0.2) is 0 Å². The van der Waals surface area contributed by atoms with E-state index >= 15 is 0 Å². The van der Waals surface area contributed by atoms with Gasteiger partial charge in [-0.05, 0) is 12.5 Å². The van der Waals surface area contributed by atoms with Crippen LogP contribution in [0.15, 0.2) is 24.3 Å². The number of amides is 1. The second-order valence-corrected chi connectivity index (χ2v) is 3.81. The van der Waals surface area contributed by atoms with Crippen molar-refractivity contribution < 1.29 is 4.79 Å². The predicted molar refractivity (Wildman–Crippen MR) is 54.6 cm³/mol. The van der Waals surface area contributed by atoms with Gasteiger partial charge in [0.2, 0.25) is 5.91 Å². The van der Waals surface area contributed by atoms with Crippen LogP contribution in [0.4, 0.5) is 0 Å². The van der Waals surface area contributed by atoms with Crippen LogP contribution in [0.1, 0.15) is 11.1 Å². The Kier molecular flexibility index (Phi) is 2.25. The molecule has 1 fully saturated rings. The molecule has 0 radical (unpaired) electrons. The number of hydrogen-bond donors (Lipinski definition) is 1. The van der Waals surface area contributed by atoms with Gasteiger partial charge < -0.3 is 10.6 Å². The zero-order chi connectivity index (χ0) is 10.1. The third-order valence-electron chi connectivity index (χ3n) is 2.54. The van der Waals surface area contributed by atoms with Gasteiger partial charge in [0.1, 0.15) is 6.04 Å². The lowest BCUT2D eigenvalue weighted by Gasteiger charge is -2.36. The first-order valence-electron chi connectivity index (χ1n) is 4.77. The van der Waals surface area contributed by atoms with Gasteiger partial charge in [-0.15, -0.1) is 0 Å². The maximum absolute atomic E-state index is 11.2. The average Bonchev–Trinajstić information content (AvgIpc) is 2.20. The van der Waals surface area contributed by atoms with Gasteiger partial charge in [0.05, 0.1) is 0 Å². The molecule has 0 aromatic heterocycles. The van der Waals surface area contributed by atoms with Crippen molar-refractivity contribution in [1.29, 1.82) is 0 Å². The topological polar surface area (TPSA) is 46.3 Å². The number of carbonyl (C=O) groups excluding carboxylic acids is 1. The van der Waals surface area contributed by atoms with Crippen molar-refractivity contribution in [1.82, 2.24) is 4.90 Å². The van der Waals surface area contributed by atoms with Gasteiger partial charge in [0.15, 0.2) is 0 Å². The molecule has 74 valence electrons. The Balaban J connectivity index is 1.99. The van der Waals surface area contributed by atoms with Crippen LogP contribution in [0, 0.1) is 6.92 Å². The molecular formula is C11H14N2O. The Labute approximate surface area is 83.5 Å².